The highest BCUT2D eigenvalue weighted by Crippen LogP contribution is 2.28. The minimum Gasteiger partial charge on any atom is -0.456 e. The van der Waals surface area contributed by atoms with Crippen LogP contribution in [0.5, 0.6) is 0 Å². The van der Waals surface area contributed by atoms with E-state index in [0.29, 0.717) is 11.5 Å². The van der Waals surface area contributed by atoms with Gasteiger partial charge >= 0.3 is 5.97 Å². The largest absolute Gasteiger partial charge is 0.456 e. The minimum absolute atomic E-state index is 0.206. The van der Waals surface area contributed by atoms with Crippen molar-refractivity contribution in [3.05, 3.63) is 10.7 Å². The van der Waals surface area contributed by atoms with Crippen molar-refractivity contribution in [1.29, 1.82) is 0 Å². The molecule has 0 amide bonds. The molecule has 0 saturated carbocycles. The predicted octanol–water partition coefficient (Wildman–Crippen LogP) is 1.62. The van der Waals surface area contributed by atoms with E-state index in [2.05, 4.69) is 12.6 Å². The van der Waals surface area contributed by atoms with Crippen molar-refractivity contribution in [2.24, 2.45) is 0 Å². The first kappa shape index (κ1) is 10.8. The minimum atomic E-state index is -0.443. The van der Waals surface area contributed by atoms with E-state index in [9.17, 15) is 4.79 Å². The van der Waals surface area contributed by atoms with Crippen LogP contribution in [0.1, 0.15) is 26.2 Å². The van der Waals surface area contributed by atoms with Crippen molar-refractivity contribution in [3.63, 3.8) is 0 Å². The van der Waals surface area contributed by atoms with Crippen LogP contribution in [0.4, 0.5) is 0 Å². The smallest absolute Gasteiger partial charge is 0.375 e. The fourth-order valence-electron chi connectivity index (χ4n) is 1.60. The molecule has 0 aromatic carbocycles. The molecule has 1 saturated heterocycles. The first-order chi connectivity index (χ1) is 7.18. The lowest BCUT2D eigenvalue weighted by atomic mass is 10.2. The quantitative estimate of drug-likeness (QED) is 0.578. The molecule has 0 bridgehead atoms. The average Bonchev–Trinajstić information content (AvgIpc) is 2.47. The van der Waals surface area contributed by atoms with Gasteiger partial charge in [0.25, 0.3) is 0 Å². The van der Waals surface area contributed by atoms with E-state index in [1.807, 2.05) is 0 Å². The molecule has 2 heterocycles. The summed E-state index contributed by atoms with van der Waals surface area (Å²) in [7, 11) is 0. The van der Waals surface area contributed by atoms with Gasteiger partial charge in [-0.1, -0.05) is 0 Å². The van der Waals surface area contributed by atoms with Crippen molar-refractivity contribution in [2.75, 3.05) is 6.61 Å². The van der Waals surface area contributed by atoms with E-state index in [4.69, 9.17) is 14.2 Å². The molecular formula is C10H14O4S. The number of esters is 1. The Morgan fingerprint density at radius 3 is 2.80 bits per heavy atom. The zero-order valence-electron chi connectivity index (χ0n) is 8.56. The summed E-state index contributed by atoms with van der Waals surface area (Å²) in [4.78, 5) is 11.9. The molecule has 2 rings (SSSR count). The molecule has 0 radical (unpaired) electrons. The molecule has 0 spiro atoms. The van der Waals surface area contributed by atoms with Gasteiger partial charge in [-0.15, -0.1) is 12.6 Å². The summed E-state index contributed by atoms with van der Waals surface area (Å²) in [6.07, 6.45) is 2.29. The van der Waals surface area contributed by atoms with E-state index < -0.39 is 5.97 Å². The monoisotopic (exact) mass is 230 g/mol. The first-order valence-corrected chi connectivity index (χ1v) is 5.55. The van der Waals surface area contributed by atoms with Crippen molar-refractivity contribution in [3.8, 4) is 0 Å². The highest BCUT2D eigenvalue weighted by molar-refractivity contribution is 7.84. The lowest BCUT2D eigenvalue weighted by Crippen LogP contribution is -2.23. The number of carbonyl (C=O) groups is 1. The van der Waals surface area contributed by atoms with E-state index in [1.165, 1.54) is 0 Å². The van der Waals surface area contributed by atoms with E-state index in [1.54, 1.807) is 6.92 Å². The summed E-state index contributed by atoms with van der Waals surface area (Å²) in [5.41, 5.74) is 0. The van der Waals surface area contributed by atoms with Crippen molar-refractivity contribution >= 4 is 18.6 Å². The van der Waals surface area contributed by atoms with Crippen LogP contribution in [0.2, 0.25) is 0 Å². The van der Waals surface area contributed by atoms with Crippen LogP contribution in [0.3, 0.4) is 0 Å². The Hall–Kier alpha value is -0.680. The molecule has 2 unspecified atom stereocenters. The number of hydrogen-bond acceptors (Lipinski definition) is 5. The Bertz CT molecular complexity index is 294. The summed E-state index contributed by atoms with van der Waals surface area (Å²) in [6, 6.07) is 0. The summed E-state index contributed by atoms with van der Waals surface area (Å²) < 4.78 is 15.8. The fraction of sp³-hybridized carbons (Fsp3) is 0.700. The van der Waals surface area contributed by atoms with E-state index in [-0.39, 0.29) is 18.2 Å². The summed E-state index contributed by atoms with van der Waals surface area (Å²) >= 11 is 4.19. The van der Waals surface area contributed by atoms with Crippen molar-refractivity contribution in [2.45, 2.75) is 38.6 Å². The number of cyclic esters (lactones) is 1. The van der Waals surface area contributed by atoms with Crippen molar-refractivity contribution < 1.29 is 19.0 Å². The lowest BCUT2D eigenvalue weighted by molar-refractivity contribution is -0.160. The molecule has 2 aliphatic heterocycles. The third-order valence-electron chi connectivity index (χ3n) is 2.47. The van der Waals surface area contributed by atoms with Gasteiger partial charge in [0.15, 0.2) is 6.29 Å². The molecule has 15 heavy (non-hydrogen) atoms. The Kier molecular flexibility index (Phi) is 3.21. The second-order valence-corrected chi connectivity index (χ2v) is 4.16. The van der Waals surface area contributed by atoms with Crippen LogP contribution in [-0.4, -0.2) is 25.0 Å². The molecular weight excluding hydrogens is 216 g/mol. The van der Waals surface area contributed by atoms with Crippen LogP contribution in [-0.2, 0) is 19.0 Å². The third-order valence-corrected chi connectivity index (χ3v) is 3.04. The van der Waals surface area contributed by atoms with Crippen LogP contribution >= 0.6 is 12.6 Å². The molecule has 0 N–H and O–H groups in total. The summed E-state index contributed by atoms with van der Waals surface area (Å²) in [5, 5.41) is 0. The summed E-state index contributed by atoms with van der Waals surface area (Å²) in [6.45, 7) is 2.45. The first-order valence-electron chi connectivity index (χ1n) is 5.11. The van der Waals surface area contributed by atoms with Gasteiger partial charge in [-0.25, -0.2) is 4.79 Å². The highest BCUT2D eigenvalue weighted by Gasteiger charge is 2.33. The SMILES string of the molecule is CC1OC(=O)C(OC2CCCCO2)=C1S. The molecule has 4 nitrogen and oxygen atoms in total. The number of carbonyl (C=O) groups excluding carboxylic acids is 1. The second-order valence-electron chi connectivity index (χ2n) is 3.68. The summed E-state index contributed by atoms with van der Waals surface area (Å²) in [5.74, 6) is -0.237. The van der Waals surface area contributed by atoms with Gasteiger partial charge in [0, 0.05) is 6.42 Å². The van der Waals surface area contributed by atoms with E-state index >= 15 is 0 Å². The van der Waals surface area contributed by atoms with Gasteiger partial charge in [0.1, 0.15) is 6.10 Å². The topological polar surface area (TPSA) is 44.8 Å². The number of rotatable bonds is 2. The van der Waals surface area contributed by atoms with Crippen LogP contribution in [0.15, 0.2) is 10.7 Å². The average molecular weight is 230 g/mol. The molecule has 2 atom stereocenters. The van der Waals surface area contributed by atoms with Gasteiger partial charge in [-0.3, -0.25) is 0 Å². The van der Waals surface area contributed by atoms with Crippen LogP contribution < -0.4 is 0 Å². The van der Waals surface area contributed by atoms with Gasteiger partial charge in [0.05, 0.1) is 11.5 Å². The Balaban J connectivity index is 2.01. The van der Waals surface area contributed by atoms with Crippen LogP contribution in [0, 0.1) is 0 Å². The van der Waals surface area contributed by atoms with Gasteiger partial charge in [-0.2, -0.15) is 0 Å². The lowest BCUT2D eigenvalue weighted by Gasteiger charge is -2.23. The zero-order valence-corrected chi connectivity index (χ0v) is 9.46. The van der Waals surface area contributed by atoms with E-state index in [0.717, 1.165) is 19.3 Å². The number of thiol groups is 1. The fourth-order valence-corrected chi connectivity index (χ4v) is 1.80. The normalized spacial score (nSPS) is 31.7. The Morgan fingerprint density at radius 1 is 1.47 bits per heavy atom. The van der Waals surface area contributed by atoms with Crippen molar-refractivity contribution in [1.82, 2.24) is 0 Å². The van der Waals surface area contributed by atoms with Gasteiger partial charge in [-0.05, 0) is 19.8 Å². The molecule has 0 aromatic heterocycles. The maximum Gasteiger partial charge on any atom is 0.375 e. The molecule has 0 aromatic rings. The van der Waals surface area contributed by atoms with Gasteiger partial charge in [0.2, 0.25) is 5.76 Å². The molecule has 5 heteroatoms. The maximum absolute atomic E-state index is 11.4. The molecule has 1 fully saturated rings. The standard InChI is InChI=1S/C10H14O4S/c1-6-9(15)8(10(11)13-6)14-7-4-2-3-5-12-7/h6-7,15H,2-5H2,1H3. The third kappa shape index (κ3) is 2.29. The molecule has 0 aliphatic carbocycles. The number of hydrogen-bond donors (Lipinski definition) is 1. The molecule has 84 valence electrons. The molecule has 2 aliphatic rings. The second kappa shape index (κ2) is 4.45. The Morgan fingerprint density at radius 2 is 2.27 bits per heavy atom. The maximum atomic E-state index is 11.4. The predicted molar refractivity (Wildman–Crippen MR) is 56.2 cm³/mol. The number of ether oxygens (including phenoxy) is 3. The highest BCUT2D eigenvalue weighted by atomic mass is 32.1. The van der Waals surface area contributed by atoms with Crippen LogP contribution in [0.25, 0.3) is 0 Å². The zero-order chi connectivity index (χ0) is 10.8. The Labute approximate surface area is 94.0 Å². The van der Waals surface area contributed by atoms with Gasteiger partial charge < -0.3 is 14.2 Å².